The molecular weight excluding hydrogens is 436 g/mol. The summed E-state index contributed by atoms with van der Waals surface area (Å²) in [4.78, 5) is 22.5. The van der Waals surface area contributed by atoms with Crippen LogP contribution in [-0.4, -0.2) is 61.1 Å². The molecule has 0 spiro atoms. The van der Waals surface area contributed by atoms with Gasteiger partial charge >= 0.3 is 0 Å². The number of aliphatic imine (C=N–C) groups is 1. The molecule has 2 aromatic rings. The maximum Gasteiger partial charge on any atom is 0.252 e. The average Bonchev–Trinajstić information content (AvgIpc) is 3.47. The van der Waals surface area contributed by atoms with Crippen molar-refractivity contribution in [3.63, 3.8) is 0 Å². The zero-order chi connectivity index (χ0) is 23.8. The maximum absolute atomic E-state index is 13.7. The van der Waals surface area contributed by atoms with Crippen molar-refractivity contribution >= 4 is 17.9 Å². The zero-order valence-corrected chi connectivity index (χ0v) is 20.2. The lowest BCUT2D eigenvalue weighted by molar-refractivity contribution is -0.143. The monoisotopic (exact) mass is 468 g/mol. The molecule has 3 aliphatic heterocycles. The Kier molecular flexibility index (Phi) is 5.69. The second kappa shape index (κ2) is 9.00. The molecule has 1 aliphatic carbocycles. The van der Waals surface area contributed by atoms with Crippen LogP contribution in [-0.2, 0) is 16.1 Å². The standard InChI is InChI=1S/C29H32N4O2/c1-29(18-30-20-31-29)19-33-14-13-32(28(34)27-16-23-9-5-6-10-26(23)35-27)17-24-15-22(11-12-25(24)33)21-7-3-2-4-8-21/h2-9,11-12,15,20,26-27H,10,13-14,16-19H2,1H3,(H,30,31). The molecule has 6 rings (SSSR count). The number of amides is 1. The number of benzene rings is 2. The Bertz CT molecular complexity index is 1190. The zero-order valence-electron chi connectivity index (χ0n) is 20.2. The molecule has 1 N–H and O–H groups in total. The summed E-state index contributed by atoms with van der Waals surface area (Å²) in [6.07, 6.45) is 9.36. The summed E-state index contributed by atoms with van der Waals surface area (Å²) in [5.74, 6) is 0.103. The van der Waals surface area contributed by atoms with E-state index < -0.39 is 0 Å². The van der Waals surface area contributed by atoms with Crippen molar-refractivity contribution in [2.45, 2.75) is 44.1 Å². The van der Waals surface area contributed by atoms with Crippen molar-refractivity contribution in [3.8, 4) is 11.1 Å². The lowest BCUT2D eigenvalue weighted by Gasteiger charge is -2.34. The van der Waals surface area contributed by atoms with Crippen LogP contribution in [0.4, 0.5) is 5.69 Å². The van der Waals surface area contributed by atoms with Gasteiger partial charge in [0.2, 0.25) is 0 Å². The quantitative estimate of drug-likeness (QED) is 0.739. The van der Waals surface area contributed by atoms with Gasteiger partial charge in [-0.05, 0) is 47.7 Å². The number of hydrogen-bond donors (Lipinski definition) is 1. The molecule has 6 nitrogen and oxygen atoms in total. The summed E-state index contributed by atoms with van der Waals surface area (Å²) in [5.41, 5.74) is 5.86. The van der Waals surface area contributed by atoms with Crippen molar-refractivity contribution in [1.82, 2.24) is 10.2 Å². The highest BCUT2D eigenvalue weighted by molar-refractivity contribution is 5.83. The number of rotatable bonds is 4. The molecule has 0 saturated carbocycles. The molecule has 3 unspecified atom stereocenters. The van der Waals surface area contributed by atoms with E-state index in [0.717, 1.165) is 26.1 Å². The van der Waals surface area contributed by atoms with Gasteiger partial charge < -0.3 is 19.9 Å². The van der Waals surface area contributed by atoms with Gasteiger partial charge in [-0.1, -0.05) is 54.6 Å². The van der Waals surface area contributed by atoms with E-state index in [-0.39, 0.29) is 23.7 Å². The van der Waals surface area contributed by atoms with E-state index in [4.69, 9.17) is 4.74 Å². The Morgan fingerprint density at radius 2 is 2.06 bits per heavy atom. The molecule has 0 bridgehead atoms. The van der Waals surface area contributed by atoms with Crippen LogP contribution in [0, 0.1) is 0 Å². The Morgan fingerprint density at radius 1 is 1.17 bits per heavy atom. The summed E-state index contributed by atoms with van der Waals surface area (Å²) in [6, 6.07) is 17.1. The molecule has 3 heterocycles. The number of anilines is 1. The van der Waals surface area contributed by atoms with Gasteiger partial charge in [0.1, 0.15) is 6.10 Å². The van der Waals surface area contributed by atoms with Crippen molar-refractivity contribution < 1.29 is 9.53 Å². The molecule has 35 heavy (non-hydrogen) atoms. The molecule has 180 valence electrons. The van der Waals surface area contributed by atoms with Gasteiger partial charge in [0, 0.05) is 38.3 Å². The molecule has 3 atom stereocenters. The number of fused-ring (bicyclic) bond motifs is 2. The highest BCUT2D eigenvalue weighted by Crippen LogP contribution is 2.35. The lowest BCUT2D eigenvalue weighted by atomic mass is 9.99. The molecule has 0 aromatic heterocycles. The number of nitrogens with zero attached hydrogens (tertiary/aromatic N) is 3. The number of allylic oxidation sites excluding steroid dienone is 2. The smallest absolute Gasteiger partial charge is 0.252 e. The molecular formula is C29H32N4O2. The van der Waals surface area contributed by atoms with E-state index in [1.54, 1.807) is 0 Å². The van der Waals surface area contributed by atoms with E-state index in [9.17, 15) is 4.79 Å². The predicted molar refractivity (Wildman–Crippen MR) is 140 cm³/mol. The summed E-state index contributed by atoms with van der Waals surface area (Å²) >= 11 is 0. The van der Waals surface area contributed by atoms with Crippen molar-refractivity contribution in [2.75, 3.05) is 31.1 Å². The highest BCUT2D eigenvalue weighted by Gasteiger charge is 2.38. The average molecular weight is 469 g/mol. The number of ether oxygens (including phenoxy) is 1. The second-order valence-electron chi connectivity index (χ2n) is 10.3. The van der Waals surface area contributed by atoms with Crippen LogP contribution in [0.5, 0.6) is 0 Å². The van der Waals surface area contributed by atoms with E-state index in [0.29, 0.717) is 19.5 Å². The summed E-state index contributed by atoms with van der Waals surface area (Å²) < 4.78 is 6.20. The third-order valence-corrected chi connectivity index (χ3v) is 7.56. The minimum Gasteiger partial charge on any atom is -0.368 e. The van der Waals surface area contributed by atoms with Crippen molar-refractivity contribution in [3.05, 3.63) is 77.9 Å². The largest absolute Gasteiger partial charge is 0.368 e. The molecule has 6 heteroatoms. The van der Waals surface area contributed by atoms with E-state index in [1.807, 2.05) is 17.3 Å². The minimum atomic E-state index is -0.388. The van der Waals surface area contributed by atoms with Gasteiger partial charge in [0.25, 0.3) is 5.91 Å². The van der Waals surface area contributed by atoms with Crippen LogP contribution in [0.25, 0.3) is 11.1 Å². The molecule has 1 amide bonds. The fraction of sp³-hybridized carbons (Fsp3) is 0.379. The lowest BCUT2D eigenvalue weighted by Crippen LogP contribution is -2.51. The topological polar surface area (TPSA) is 57.2 Å². The first-order chi connectivity index (χ1) is 17.1. The summed E-state index contributed by atoms with van der Waals surface area (Å²) in [6.45, 7) is 5.83. The summed E-state index contributed by atoms with van der Waals surface area (Å²) in [7, 11) is 0. The fourth-order valence-corrected chi connectivity index (χ4v) is 5.65. The van der Waals surface area contributed by atoms with E-state index >= 15 is 0 Å². The third-order valence-electron chi connectivity index (χ3n) is 7.56. The van der Waals surface area contributed by atoms with Gasteiger partial charge in [-0.2, -0.15) is 0 Å². The molecule has 2 aromatic carbocycles. The van der Waals surface area contributed by atoms with Gasteiger partial charge in [-0.25, -0.2) is 0 Å². The van der Waals surface area contributed by atoms with Crippen LogP contribution in [0.15, 0.2) is 77.3 Å². The molecule has 1 fully saturated rings. The number of carbonyl (C=O) groups excluding carboxylic acids is 1. The second-order valence-corrected chi connectivity index (χ2v) is 10.3. The maximum atomic E-state index is 13.7. The van der Waals surface area contributed by atoms with Gasteiger partial charge in [0.05, 0.1) is 24.5 Å². The minimum absolute atomic E-state index is 0.0581. The van der Waals surface area contributed by atoms with Crippen LogP contribution in [0.3, 0.4) is 0 Å². The highest BCUT2D eigenvalue weighted by atomic mass is 16.5. The van der Waals surface area contributed by atoms with Gasteiger partial charge in [-0.3, -0.25) is 9.79 Å². The third kappa shape index (κ3) is 4.39. The van der Waals surface area contributed by atoms with E-state index in [1.165, 1.54) is 28.0 Å². The Labute approximate surface area is 207 Å². The van der Waals surface area contributed by atoms with Gasteiger partial charge in [0.15, 0.2) is 0 Å². The van der Waals surface area contributed by atoms with E-state index in [2.05, 4.69) is 82.8 Å². The number of hydrogen-bond acceptors (Lipinski definition) is 5. The normalized spacial score (nSPS) is 27.2. The first kappa shape index (κ1) is 22.1. The fourth-order valence-electron chi connectivity index (χ4n) is 5.65. The van der Waals surface area contributed by atoms with Crippen LogP contribution < -0.4 is 10.2 Å². The number of carbonyl (C=O) groups is 1. The predicted octanol–water partition coefficient (Wildman–Crippen LogP) is 3.94. The SMILES string of the molecule is CC1(CN2CCN(C(=O)C3CC4=CC=CCC4O3)Cc3cc(-c4ccccc4)ccc32)CN=CN1. The first-order valence-electron chi connectivity index (χ1n) is 12.6. The Morgan fingerprint density at radius 3 is 2.86 bits per heavy atom. The van der Waals surface area contributed by atoms with Crippen molar-refractivity contribution in [2.24, 2.45) is 4.99 Å². The summed E-state index contributed by atoms with van der Waals surface area (Å²) in [5, 5.41) is 3.43. The van der Waals surface area contributed by atoms with Crippen LogP contribution >= 0.6 is 0 Å². The Hall–Kier alpha value is -3.38. The molecule has 4 aliphatic rings. The first-order valence-corrected chi connectivity index (χ1v) is 12.6. The Balaban J connectivity index is 1.29. The van der Waals surface area contributed by atoms with Gasteiger partial charge in [-0.15, -0.1) is 0 Å². The number of nitrogens with one attached hydrogen (secondary N) is 1. The molecule has 1 saturated heterocycles. The van der Waals surface area contributed by atoms with Crippen molar-refractivity contribution in [1.29, 1.82) is 0 Å². The molecule has 0 radical (unpaired) electrons. The van der Waals surface area contributed by atoms with Crippen LogP contribution in [0.1, 0.15) is 25.3 Å². The van der Waals surface area contributed by atoms with Crippen LogP contribution in [0.2, 0.25) is 0 Å².